The third-order valence-corrected chi connectivity index (χ3v) is 4.18. The van der Waals surface area contributed by atoms with Crippen molar-refractivity contribution in [2.75, 3.05) is 13.2 Å². The number of unbranched alkanes of at least 4 members (excludes halogenated alkanes) is 8. The molecule has 1 amide bonds. The number of aliphatic hydroxyl groups excluding tert-OH is 1. The maximum Gasteiger partial charge on any atom is 0.217 e. The molecule has 0 fully saturated rings. The van der Waals surface area contributed by atoms with E-state index in [1.54, 1.807) is 0 Å². The minimum atomic E-state index is -0.189. The van der Waals surface area contributed by atoms with E-state index < -0.39 is 0 Å². The number of hydrogen-bond acceptors (Lipinski definition) is 3. The van der Waals surface area contributed by atoms with Gasteiger partial charge in [-0.05, 0) is 32.1 Å². The molecule has 0 saturated heterocycles. The number of primary amides is 1. The van der Waals surface area contributed by atoms with Crippen molar-refractivity contribution >= 4 is 5.91 Å². The standard InChI is InChI=1S/C20H39NO3/c1-2-3-4-11-14-19(24-18-17-22)15-12-9-7-5-6-8-10-13-16-20(21)23/h9,12,19,22H,2-8,10-11,13-18H2,1H3,(H2,21,23)/b12-9-/t19-/m1/s1. The lowest BCUT2D eigenvalue weighted by molar-refractivity contribution is -0.118. The van der Waals surface area contributed by atoms with Gasteiger partial charge in [0.2, 0.25) is 5.91 Å². The van der Waals surface area contributed by atoms with E-state index >= 15 is 0 Å². The third kappa shape index (κ3) is 17.5. The van der Waals surface area contributed by atoms with Crippen LogP contribution in [0.5, 0.6) is 0 Å². The van der Waals surface area contributed by atoms with Crippen molar-refractivity contribution in [3.05, 3.63) is 12.2 Å². The van der Waals surface area contributed by atoms with Gasteiger partial charge in [-0.15, -0.1) is 0 Å². The highest BCUT2D eigenvalue weighted by molar-refractivity contribution is 5.73. The molecule has 0 unspecified atom stereocenters. The number of carbonyl (C=O) groups is 1. The van der Waals surface area contributed by atoms with Crippen molar-refractivity contribution < 1.29 is 14.6 Å². The van der Waals surface area contributed by atoms with Crippen molar-refractivity contribution in [1.29, 1.82) is 0 Å². The number of carbonyl (C=O) groups excluding carboxylic acids is 1. The summed E-state index contributed by atoms with van der Waals surface area (Å²) in [5, 5.41) is 8.92. The molecule has 0 aliphatic heterocycles. The molecule has 0 saturated carbocycles. The van der Waals surface area contributed by atoms with Crippen LogP contribution in [-0.2, 0) is 9.53 Å². The first-order valence-electron chi connectivity index (χ1n) is 9.86. The molecule has 0 bridgehead atoms. The first-order valence-corrected chi connectivity index (χ1v) is 9.86. The second-order valence-corrected chi connectivity index (χ2v) is 6.55. The Hall–Kier alpha value is -0.870. The topological polar surface area (TPSA) is 72.6 Å². The van der Waals surface area contributed by atoms with Gasteiger partial charge in [0.15, 0.2) is 0 Å². The van der Waals surface area contributed by atoms with E-state index in [9.17, 15) is 4.79 Å². The molecule has 3 N–H and O–H groups in total. The van der Waals surface area contributed by atoms with Crippen LogP contribution in [0.3, 0.4) is 0 Å². The SMILES string of the molecule is CCCCCC[C@H](C/C=C\CCCCCCCC(N)=O)OCCO. The van der Waals surface area contributed by atoms with Gasteiger partial charge in [0, 0.05) is 6.42 Å². The lowest BCUT2D eigenvalue weighted by Crippen LogP contribution is -2.14. The molecule has 0 aliphatic rings. The van der Waals surface area contributed by atoms with Crippen LogP contribution in [0.1, 0.15) is 90.4 Å². The maximum absolute atomic E-state index is 10.6. The van der Waals surface area contributed by atoms with Crippen molar-refractivity contribution in [2.45, 2.75) is 96.5 Å². The van der Waals surface area contributed by atoms with Crippen LogP contribution < -0.4 is 5.73 Å². The summed E-state index contributed by atoms with van der Waals surface area (Å²) in [6.07, 6.45) is 19.1. The molecule has 4 nitrogen and oxygen atoms in total. The zero-order chi connectivity index (χ0) is 17.9. The highest BCUT2D eigenvalue weighted by Gasteiger charge is 2.06. The molecule has 0 rings (SSSR count). The fourth-order valence-electron chi connectivity index (χ4n) is 2.74. The van der Waals surface area contributed by atoms with Gasteiger partial charge in [-0.3, -0.25) is 4.79 Å². The summed E-state index contributed by atoms with van der Waals surface area (Å²) in [7, 11) is 0. The van der Waals surface area contributed by atoms with Gasteiger partial charge in [0.25, 0.3) is 0 Å². The summed E-state index contributed by atoms with van der Waals surface area (Å²) in [4.78, 5) is 10.6. The molecule has 0 heterocycles. The molecule has 0 aromatic heterocycles. The van der Waals surface area contributed by atoms with Crippen molar-refractivity contribution in [1.82, 2.24) is 0 Å². The number of nitrogens with two attached hydrogens (primary N) is 1. The second kappa shape index (κ2) is 18.5. The molecule has 0 radical (unpaired) electrons. The van der Waals surface area contributed by atoms with E-state index in [-0.39, 0.29) is 18.6 Å². The first kappa shape index (κ1) is 23.1. The van der Waals surface area contributed by atoms with Crippen molar-refractivity contribution in [2.24, 2.45) is 5.73 Å². The van der Waals surface area contributed by atoms with Gasteiger partial charge in [-0.1, -0.05) is 64.0 Å². The largest absolute Gasteiger partial charge is 0.394 e. The Kier molecular flexibility index (Phi) is 17.8. The third-order valence-electron chi connectivity index (χ3n) is 4.18. The maximum atomic E-state index is 10.6. The van der Waals surface area contributed by atoms with Gasteiger partial charge in [0.05, 0.1) is 19.3 Å². The molecule has 0 spiro atoms. The van der Waals surface area contributed by atoms with E-state index in [2.05, 4.69) is 19.1 Å². The lowest BCUT2D eigenvalue weighted by atomic mass is 10.1. The van der Waals surface area contributed by atoms with Crippen molar-refractivity contribution in [3.8, 4) is 0 Å². The fourth-order valence-corrected chi connectivity index (χ4v) is 2.74. The van der Waals surface area contributed by atoms with Crippen LogP contribution in [0.25, 0.3) is 0 Å². The average molecular weight is 342 g/mol. The molecule has 4 heteroatoms. The Morgan fingerprint density at radius 1 is 1.04 bits per heavy atom. The monoisotopic (exact) mass is 341 g/mol. The van der Waals surface area contributed by atoms with Gasteiger partial charge in [-0.2, -0.15) is 0 Å². The van der Waals surface area contributed by atoms with E-state index in [0.29, 0.717) is 13.0 Å². The van der Waals surface area contributed by atoms with E-state index in [1.165, 1.54) is 44.9 Å². The Balaban J connectivity index is 3.63. The van der Waals surface area contributed by atoms with E-state index in [4.69, 9.17) is 15.6 Å². The summed E-state index contributed by atoms with van der Waals surface area (Å²) in [5.41, 5.74) is 5.12. The highest BCUT2D eigenvalue weighted by Crippen LogP contribution is 2.13. The summed E-state index contributed by atoms with van der Waals surface area (Å²) in [6, 6.07) is 0. The van der Waals surface area contributed by atoms with Crippen LogP contribution in [0, 0.1) is 0 Å². The summed E-state index contributed by atoms with van der Waals surface area (Å²) in [5.74, 6) is -0.189. The van der Waals surface area contributed by atoms with Gasteiger partial charge in [-0.25, -0.2) is 0 Å². The molecular formula is C20H39NO3. The zero-order valence-electron chi connectivity index (χ0n) is 15.7. The molecule has 0 aromatic rings. The molecule has 1 atom stereocenters. The highest BCUT2D eigenvalue weighted by atomic mass is 16.5. The normalized spacial score (nSPS) is 12.8. The molecular weight excluding hydrogens is 302 g/mol. The summed E-state index contributed by atoms with van der Waals surface area (Å²) < 4.78 is 5.72. The van der Waals surface area contributed by atoms with Crippen LogP contribution in [0.2, 0.25) is 0 Å². The Labute approximate surface area is 148 Å². The number of allylic oxidation sites excluding steroid dienone is 1. The fraction of sp³-hybridized carbons (Fsp3) is 0.850. The van der Waals surface area contributed by atoms with Crippen LogP contribution in [-0.4, -0.2) is 30.3 Å². The predicted octanol–water partition coefficient (Wildman–Crippen LogP) is 4.50. The number of aliphatic hydroxyl groups is 1. The number of hydrogen-bond donors (Lipinski definition) is 2. The van der Waals surface area contributed by atoms with Crippen LogP contribution in [0.15, 0.2) is 12.2 Å². The Morgan fingerprint density at radius 3 is 2.46 bits per heavy atom. The Bertz CT molecular complexity index is 305. The van der Waals surface area contributed by atoms with Gasteiger partial charge in [0.1, 0.15) is 0 Å². The van der Waals surface area contributed by atoms with Crippen molar-refractivity contribution in [3.63, 3.8) is 0 Å². The van der Waals surface area contributed by atoms with Crippen LogP contribution in [0.4, 0.5) is 0 Å². The smallest absolute Gasteiger partial charge is 0.217 e. The van der Waals surface area contributed by atoms with E-state index in [1.807, 2.05) is 0 Å². The molecule has 0 aliphatic carbocycles. The first-order chi connectivity index (χ1) is 11.7. The number of ether oxygens (including phenoxy) is 1. The lowest BCUT2D eigenvalue weighted by Gasteiger charge is -2.15. The second-order valence-electron chi connectivity index (χ2n) is 6.55. The molecule has 142 valence electrons. The number of amides is 1. The summed E-state index contributed by atoms with van der Waals surface area (Å²) in [6.45, 7) is 2.77. The van der Waals surface area contributed by atoms with Crippen LogP contribution >= 0.6 is 0 Å². The number of rotatable bonds is 18. The average Bonchev–Trinajstić information content (AvgIpc) is 2.57. The quantitative estimate of drug-likeness (QED) is 0.285. The summed E-state index contributed by atoms with van der Waals surface area (Å²) >= 11 is 0. The molecule has 0 aromatic carbocycles. The Morgan fingerprint density at radius 2 is 1.75 bits per heavy atom. The molecule has 24 heavy (non-hydrogen) atoms. The predicted molar refractivity (Wildman–Crippen MR) is 101 cm³/mol. The minimum Gasteiger partial charge on any atom is -0.394 e. The zero-order valence-corrected chi connectivity index (χ0v) is 15.7. The van der Waals surface area contributed by atoms with Gasteiger partial charge >= 0.3 is 0 Å². The minimum absolute atomic E-state index is 0.102. The van der Waals surface area contributed by atoms with Gasteiger partial charge < -0.3 is 15.6 Å². The van der Waals surface area contributed by atoms with E-state index in [0.717, 1.165) is 32.1 Å².